The number of hydrogen-bond acceptors (Lipinski definition) is 2. The molecule has 2 aromatic rings. The summed E-state index contributed by atoms with van der Waals surface area (Å²) in [5.41, 5.74) is 9.89. The lowest BCUT2D eigenvalue weighted by Crippen LogP contribution is -2.16. The third-order valence-electron chi connectivity index (χ3n) is 3.71. The molecule has 0 spiro atoms. The van der Waals surface area contributed by atoms with E-state index in [2.05, 4.69) is 56.1 Å². The number of benzene rings is 1. The van der Waals surface area contributed by atoms with Crippen molar-refractivity contribution in [1.29, 1.82) is 0 Å². The summed E-state index contributed by atoms with van der Waals surface area (Å²) in [6.45, 7) is 7.34. The van der Waals surface area contributed by atoms with Gasteiger partial charge in [-0.05, 0) is 41.6 Å². The maximum atomic E-state index is 5.95. The van der Waals surface area contributed by atoms with Crippen LogP contribution >= 0.6 is 0 Å². The van der Waals surface area contributed by atoms with Crippen molar-refractivity contribution in [2.45, 2.75) is 38.5 Å². The first-order valence-electron chi connectivity index (χ1n) is 7.21. The summed E-state index contributed by atoms with van der Waals surface area (Å²) in [5, 5.41) is 0. The van der Waals surface area contributed by atoms with Crippen molar-refractivity contribution < 1.29 is 0 Å². The van der Waals surface area contributed by atoms with Crippen molar-refractivity contribution in [3.63, 3.8) is 0 Å². The van der Waals surface area contributed by atoms with Gasteiger partial charge in [-0.15, -0.1) is 0 Å². The molecule has 1 atom stereocenters. The molecule has 1 aromatic carbocycles. The first kappa shape index (κ1) is 14.7. The molecule has 0 amide bonds. The fourth-order valence-electron chi connectivity index (χ4n) is 2.36. The molecule has 0 aliphatic heterocycles. The van der Waals surface area contributed by atoms with Crippen LogP contribution in [0.25, 0.3) is 0 Å². The molecule has 106 valence electrons. The Bertz CT molecular complexity index is 524. The zero-order valence-corrected chi connectivity index (χ0v) is 12.6. The second kappa shape index (κ2) is 6.19. The summed E-state index contributed by atoms with van der Waals surface area (Å²) in [7, 11) is 0. The van der Waals surface area contributed by atoms with Crippen molar-refractivity contribution in [2.75, 3.05) is 6.54 Å². The van der Waals surface area contributed by atoms with Crippen molar-refractivity contribution in [1.82, 2.24) is 4.98 Å². The summed E-state index contributed by atoms with van der Waals surface area (Å²) in [4.78, 5) is 4.39. The highest BCUT2D eigenvalue weighted by Gasteiger charge is 2.15. The highest BCUT2D eigenvalue weighted by atomic mass is 14.7. The Morgan fingerprint density at radius 3 is 2.25 bits per heavy atom. The van der Waals surface area contributed by atoms with E-state index in [-0.39, 0.29) is 5.41 Å². The van der Waals surface area contributed by atoms with Crippen LogP contribution < -0.4 is 5.73 Å². The molecule has 2 N–H and O–H groups in total. The molecule has 0 radical (unpaired) electrons. The van der Waals surface area contributed by atoms with E-state index in [0.717, 1.165) is 12.1 Å². The highest BCUT2D eigenvalue weighted by molar-refractivity contribution is 5.30. The second-order valence-corrected chi connectivity index (χ2v) is 6.33. The molecular formula is C18H24N2. The van der Waals surface area contributed by atoms with E-state index >= 15 is 0 Å². The molecule has 2 heteroatoms. The van der Waals surface area contributed by atoms with E-state index in [1.54, 1.807) is 0 Å². The minimum absolute atomic E-state index is 0.192. The van der Waals surface area contributed by atoms with Crippen molar-refractivity contribution in [2.24, 2.45) is 5.73 Å². The monoisotopic (exact) mass is 268 g/mol. The fraction of sp³-hybridized carbons (Fsp3) is 0.389. The average Bonchev–Trinajstić information content (AvgIpc) is 2.45. The number of nitrogens with zero attached hydrogens (tertiary/aromatic N) is 1. The van der Waals surface area contributed by atoms with Gasteiger partial charge in [-0.2, -0.15) is 0 Å². The first-order chi connectivity index (χ1) is 9.50. The Morgan fingerprint density at radius 1 is 1.05 bits per heavy atom. The summed E-state index contributed by atoms with van der Waals surface area (Å²) in [5.74, 6) is 0.332. The third-order valence-corrected chi connectivity index (χ3v) is 3.71. The fourth-order valence-corrected chi connectivity index (χ4v) is 2.36. The zero-order valence-electron chi connectivity index (χ0n) is 12.6. The van der Waals surface area contributed by atoms with Gasteiger partial charge in [-0.3, -0.25) is 4.98 Å². The Kier molecular flexibility index (Phi) is 4.56. The van der Waals surface area contributed by atoms with E-state index in [1.165, 1.54) is 11.1 Å². The van der Waals surface area contributed by atoms with Gasteiger partial charge in [-0.1, -0.05) is 51.1 Å². The van der Waals surface area contributed by atoms with Crippen LogP contribution in [0, 0.1) is 0 Å². The lowest BCUT2D eigenvalue weighted by atomic mass is 9.85. The van der Waals surface area contributed by atoms with Gasteiger partial charge in [0.2, 0.25) is 0 Å². The molecule has 1 heterocycles. The Balaban J connectivity index is 2.16. The smallest absolute Gasteiger partial charge is 0.0410 e. The van der Waals surface area contributed by atoms with E-state index in [0.29, 0.717) is 12.5 Å². The van der Waals surface area contributed by atoms with Gasteiger partial charge in [0.15, 0.2) is 0 Å². The summed E-state index contributed by atoms with van der Waals surface area (Å²) >= 11 is 0. The second-order valence-electron chi connectivity index (χ2n) is 6.33. The van der Waals surface area contributed by atoms with Crippen LogP contribution in [0.15, 0.2) is 48.7 Å². The van der Waals surface area contributed by atoms with Crippen LogP contribution in [-0.2, 0) is 11.8 Å². The average molecular weight is 268 g/mol. The topological polar surface area (TPSA) is 38.9 Å². The molecule has 0 saturated heterocycles. The third kappa shape index (κ3) is 3.67. The van der Waals surface area contributed by atoms with Gasteiger partial charge in [0.05, 0.1) is 0 Å². The molecule has 0 saturated carbocycles. The molecule has 2 rings (SSSR count). The van der Waals surface area contributed by atoms with Gasteiger partial charge in [0, 0.05) is 17.8 Å². The SMILES string of the molecule is CC(C)(C)c1ccc(C(CN)Cc2ccccn2)cc1. The molecule has 20 heavy (non-hydrogen) atoms. The molecular weight excluding hydrogens is 244 g/mol. The van der Waals surface area contributed by atoms with Crippen LogP contribution in [0.1, 0.15) is 43.5 Å². The highest BCUT2D eigenvalue weighted by Crippen LogP contribution is 2.25. The number of aromatic nitrogens is 1. The Labute approximate surface area is 122 Å². The molecule has 0 aliphatic rings. The van der Waals surface area contributed by atoms with Crippen LogP contribution in [0.4, 0.5) is 0 Å². The molecule has 0 aliphatic carbocycles. The molecule has 0 bridgehead atoms. The first-order valence-corrected chi connectivity index (χ1v) is 7.21. The minimum atomic E-state index is 0.192. The maximum absolute atomic E-state index is 5.95. The van der Waals surface area contributed by atoms with Crippen LogP contribution in [0.5, 0.6) is 0 Å². The molecule has 2 nitrogen and oxygen atoms in total. The van der Waals surface area contributed by atoms with Crippen LogP contribution in [0.3, 0.4) is 0 Å². The van der Waals surface area contributed by atoms with Crippen molar-refractivity contribution >= 4 is 0 Å². The van der Waals surface area contributed by atoms with Gasteiger partial charge in [0.25, 0.3) is 0 Å². The maximum Gasteiger partial charge on any atom is 0.0410 e. The van der Waals surface area contributed by atoms with E-state index in [4.69, 9.17) is 5.73 Å². The number of rotatable bonds is 4. The Morgan fingerprint density at radius 2 is 1.75 bits per heavy atom. The van der Waals surface area contributed by atoms with Gasteiger partial charge < -0.3 is 5.73 Å². The summed E-state index contributed by atoms with van der Waals surface area (Å²) < 4.78 is 0. The van der Waals surface area contributed by atoms with Crippen molar-refractivity contribution in [3.05, 3.63) is 65.5 Å². The zero-order chi connectivity index (χ0) is 14.6. The van der Waals surface area contributed by atoms with E-state index in [9.17, 15) is 0 Å². The predicted octanol–water partition coefficient (Wildman–Crippen LogP) is 3.66. The largest absolute Gasteiger partial charge is 0.330 e. The molecule has 1 unspecified atom stereocenters. The normalized spacial score (nSPS) is 13.2. The lowest BCUT2D eigenvalue weighted by molar-refractivity contribution is 0.589. The van der Waals surface area contributed by atoms with Gasteiger partial charge in [0.1, 0.15) is 0 Å². The lowest BCUT2D eigenvalue weighted by Gasteiger charge is -2.21. The number of nitrogens with two attached hydrogens (primary N) is 1. The Hall–Kier alpha value is -1.67. The van der Waals surface area contributed by atoms with Gasteiger partial charge >= 0.3 is 0 Å². The quantitative estimate of drug-likeness (QED) is 0.919. The molecule has 0 fully saturated rings. The standard InChI is InChI=1S/C18H24N2/c1-18(2,3)16-9-7-14(8-10-16)15(13-19)12-17-6-4-5-11-20-17/h4-11,15H,12-13,19H2,1-3H3. The summed E-state index contributed by atoms with van der Waals surface area (Å²) in [6, 6.07) is 14.9. The van der Waals surface area contributed by atoms with E-state index in [1.807, 2.05) is 18.3 Å². The van der Waals surface area contributed by atoms with Crippen LogP contribution in [-0.4, -0.2) is 11.5 Å². The number of pyridine rings is 1. The minimum Gasteiger partial charge on any atom is -0.330 e. The summed E-state index contributed by atoms with van der Waals surface area (Å²) in [6.07, 6.45) is 2.73. The van der Waals surface area contributed by atoms with Gasteiger partial charge in [-0.25, -0.2) is 0 Å². The number of hydrogen-bond donors (Lipinski definition) is 1. The van der Waals surface area contributed by atoms with Crippen molar-refractivity contribution in [3.8, 4) is 0 Å². The van der Waals surface area contributed by atoms with E-state index < -0.39 is 0 Å². The van der Waals surface area contributed by atoms with Crippen LogP contribution in [0.2, 0.25) is 0 Å². The molecule has 1 aromatic heterocycles. The predicted molar refractivity (Wildman–Crippen MR) is 84.9 cm³/mol.